The summed E-state index contributed by atoms with van der Waals surface area (Å²) < 4.78 is 7.50. The van der Waals surface area contributed by atoms with Crippen molar-refractivity contribution in [3.8, 4) is 11.3 Å². The summed E-state index contributed by atoms with van der Waals surface area (Å²) in [7, 11) is 1.71. The molecule has 1 aromatic carbocycles. The van der Waals surface area contributed by atoms with Gasteiger partial charge in [0.25, 0.3) is 0 Å². The number of anilines is 1. The van der Waals surface area contributed by atoms with Gasteiger partial charge < -0.3 is 15.0 Å². The minimum Gasteiger partial charge on any atom is -0.383 e. The van der Waals surface area contributed by atoms with E-state index in [1.165, 1.54) is 12.8 Å². The highest BCUT2D eigenvalue weighted by molar-refractivity contribution is 5.74. The molecule has 4 heteroatoms. The minimum absolute atomic E-state index is 0.556. The van der Waals surface area contributed by atoms with Crippen LogP contribution in [0, 0.1) is 0 Å². The van der Waals surface area contributed by atoms with E-state index in [4.69, 9.17) is 15.5 Å². The van der Waals surface area contributed by atoms with Crippen LogP contribution in [0.5, 0.6) is 0 Å². The maximum atomic E-state index is 6.38. The second-order valence-electron chi connectivity index (χ2n) is 5.31. The standard InChI is InChI=1S/C16H21N3O/c1-3-14-18-15(16(17)19(14)12-8-9-12)13-7-5-4-6-11(13)10-20-2/h4-7,12H,3,8-10,17H2,1-2H3. The van der Waals surface area contributed by atoms with Crippen molar-refractivity contribution in [2.75, 3.05) is 12.8 Å². The number of hydrogen-bond donors (Lipinski definition) is 1. The highest BCUT2D eigenvalue weighted by Crippen LogP contribution is 2.41. The number of ether oxygens (including phenoxy) is 1. The Morgan fingerprint density at radius 2 is 2.10 bits per heavy atom. The monoisotopic (exact) mass is 271 g/mol. The van der Waals surface area contributed by atoms with Gasteiger partial charge in [-0.3, -0.25) is 0 Å². The molecule has 0 amide bonds. The molecule has 1 fully saturated rings. The lowest BCUT2D eigenvalue weighted by molar-refractivity contribution is 0.185. The molecule has 0 radical (unpaired) electrons. The van der Waals surface area contributed by atoms with Crippen LogP contribution in [0.3, 0.4) is 0 Å². The van der Waals surface area contributed by atoms with Crippen molar-refractivity contribution in [2.45, 2.75) is 38.8 Å². The van der Waals surface area contributed by atoms with Crippen molar-refractivity contribution in [2.24, 2.45) is 0 Å². The smallest absolute Gasteiger partial charge is 0.132 e. The maximum Gasteiger partial charge on any atom is 0.132 e. The number of aromatic nitrogens is 2. The van der Waals surface area contributed by atoms with Gasteiger partial charge in [-0.2, -0.15) is 0 Å². The number of benzene rings is 1. The first kappa shape index (κ1) is 13.2. The van der Waals surface area contributed by atoms with Crippen LogP contribution in [0.1, 0.15) is 37.2 Å². The van der Waals surface area contributed by atoms with Crippen LogP contribution in [-0.4, -0.2) is 16.7 Å². The van der Waals surface area contributed by atoms with Crippen LogP contribution < -0.4 is 5.73 Å². The molecule has 0 aliphatic heterocycles. The zero-order valence-electron chi connectivity index (χ0n) is 12.1. The highest BCUT2D eigenvalue weighted by Gasteiger charge is 2.29. The van der Waals surface area contributed by atoms with Gasteiger partial charge in [0, 0.05) is 25.1 Å². The summed E-state index contributed by atoms with van der Waals surface area (Å²) in [6.07, 6.45) is 3.34. The summed E-state index contributed by atoms with van der Waals surface area (Å²) >= 11 is 0. The molecule has 2 aromatic rings. The van der Waals surface area contributed by atoms with Gasteiger partial charge in [-0.05, 0) is 18.4 Å². The van der Waals surface area contributed by atoms with E-state index in [2.05, 4.69) is 23.6 Å². The van der Waals surface area contributed by atoms with Crippen molar-refractivity contribution in [1.29, 1.82) is 0 Å². The number of nitrogen functional groups attached to an aromatic ring is 1. The van der Waals surface area contributed by atoms with Crippen LogP contribution >= 0.6 is 0 Å². The third-order valence-electron chi connectivity index (χ3n) is 3.82. The Kier molecular flexibility index (Phi) is 3.49. The van der Waals surface area contributed by atoms with Gasteiger partial charge >= 0.3 is 0 Å². The van der Waals surface area contributed by atoms with Crippen LogP contribution in [0.25, 0.3) is 11.3 Å². The number of nitrogens with zero attached hydrogens (tertiary/aromatic N) is 2. The molecular weight excluding hydrogens is 250 g/mol. The highest BCUT2D eigenvalue weighted by atomic mass is 16.5. The van der Waals surface area contributed by atoms with Crippen molar-refractivity contribution >= 4 is 5.82 Å². The van der Waals surface area contributed by atoms with Crippen molar-refractivity contribution in [3.05, 3.63) is 35.7 Å². The molecule has 0 bridgehead atoms. The van der Waals surface area contributed by atoms with Crippen molar-refractivity contribution in [1.82, 2.24) is 9.55 Å². The fraction of sp³-hybridized carbons (Fsp3) is 0.438. The first-order valence-electron chi connectivity index (χ1n) is 7.20. The summed E-state index contributed by atoms with van der Waals surface area (Å²) in [6.45, 7) is 2.71. The summed E-state index contributed by atoms with van der Waals surface area (Å²) in [5.74, 6) is 1.89. The molecule has 106 valence electrons. The Bertz CT molecular complexity index is 614. The third kappa shape index (κ3) is 2.20. The molecule has 0 unspecified atom stereocenters. The van der Waals surface area contributed by atoms with Crippen molar-refractivity contribution < 1.29 is 4.74 Å². The molecule has 20 heavy (non-hydrogen) atoms. The van der Waals surface area contributed by atoms with E-state index in [0.29, 0.717) is 12.6 Å². The first-order chi connectivity index (χ1) is 9.76. The molecule has 1 aliphatic carbocycles. The maximum absolute atomic E-state index is 6.38. The molecule has 2 N–H and O–H groups in total. The number of aryl methyl sites for hydroxylation is 1. The Hall–Kier alpha value is -1.81. The van der Waals surface area contributed by atoms with Crippen LogP contribution in [0.2, 0.25) is 0 Å². The number of rotatable bonds is 5. The summed E-state index contributed by atoms with van der Waals surface area (Å²) in [5, 5.41) is 0. The molecular formula is C16H21N3O. The van der Waals surface area contributed by atoms with E-state index in [-0.39, 0.29) is 0 Å². The van der Waals surface area contributed by atoms with Gasteiger partial charge in [-0.15, -0.1) is 0 Å². The van der Waals surface area contributed by atoms with Crippen molar-refractivity contribution in [3.63, 3.8) is 0 Å². The first-order valence-corrected chi connectivity index (χ1v) is 7.20. The molecule has 0 atom stereocenters. The van der Waals surface area contributed by atoms with Gasteiger partial charge in [0.05, 0.1) is 6.61 Å². The number of imidazole rings is 1. The Labute approximate surface area is 119 Å². The lowest BCUT2D eigenvalue weighted by atomic mass is 10.1. The van der Waals surface area contributed by atoms with Gasteiger partial charge in [0.2, 0.25) is 0 Å². The summed E-state index contributed by atoms with van der Waals surface area (Å²) in [6, 6.07) is 8.74. The number of nitrogens with two attached hydrogens (primary N) is 1. The fourth-order valence-corrected chi connectivity index (χ4v) is 2.71. The minimum atomic E-state index is 0.556. The average Bonchev–Trinajstić information content (AvgIpc) is 3.24. The van der Waals surface area contributed by atoms with Gasteiger partial charge in [0.1, 0.15) is 17.3 Å². The zero-order chi connectivity index (χ0) is 14.1. The predicted molar refractivity (Wildman–Crippen MR) is 80.4 cm³/mol. The van der Waals surface area contributed by atoms with E-state index in [9.17, 15) is 0 Å². The predicted octanol–water partition coefficient (Wildman–Crippen LogP) is 3.18. The van der Waals surface area contributed by atoms with Gasteiger partial charge in [0.15, 0.2) is 0 Å². The number of methoxy groups -OCH3 is 1. The molecule has 1 aromatic heterocycles. The molecule has 4 nitrogen and oxygen atoms in total. The Morgan fingerprint density at radius 3 is 2.75 bits per heavy atom. The number of hydrogen-bond acceptors (Lipinski definition) is 3. The van der Waals surface area contributed by atoms with E-state index in [1.807, 2.05) is 12.1 Å². The van der Waals surface area contributed by atoms with E-state index >= 15 is 0 Å². The van der Waals surface area contributed by atoms with Crippen LogP contribution in [-0.2, 0) is 17.8 Å². The quantitative estimate of drug-likeness (QED) is 0.908. The summed E-state index contributed by atoms with van der Waals surface area (Å²) in [5.41, 5.74) is 9.50. The van der Waals surface area contributed by atoms with E-state index in [0.717, 1.165) is 34.9 Å². The second-order valence-corrected chi connectivity index (χ2v) is 5.31. The largest absolute Gasteiger partial charge is 0.383 e. The topological polar surface area (TPSA) is 53.1 Å². The molecule has 0 spiro atoms. The van der Waals surface area contributed by atoms with Crippen LogP contribution in [0.15, 0.2) is 24.3 Å². The fourth-order valence-electron chi connectivity index (χ4n) is 2.71. The molecule has 3 rings (SSSR count). The molecule has 1 saturated carbocycles. The lowest BCUT2D eigenvalue weighted by Crippen LogP contribution is -2.04. The lowest BCUT2D eigenvalue weighted by Gasteiger charge is -2.09. The SMILES string of the molecule is CCc1nc(-c2ccccc2COC)c(N)n1C1CC1. The molecule has 1 heterocycles. The second kappa shape index (κ2) is 5.29. The van der Waals surface area contributed by atoms with E-state index < -0.39 is 0 Å². The Morgan fingerprint density at radius 1 is 1.35 bits per heavy atom. The summed E-state index contributed by atoms with van der Waals surface area (Å²) in [4.78, 5) is 4.79. The van der Waals surface area contributed by atoms with Gasteiger partial charge in [-0.1, -0.05) is 31.2 Å². The average molecular weight is 271 g/mol. The van der Waals surface area contributed by atoms with E-state index in [1.54, 1.807) is 7.11 Å². The normalized spacial score (nSPS) is 14.7. The molecule has 0 saturated heterocycles. The molecule has 1 aliphatic rings. The van der Waals surface area contributed by atoms with Crippen LogP contribution in [0.4, 0.5) is 5.82 Å². The Balaban J connectivity index is 2.10. The third-order valence-corrected chi connectivity index (χ3v) is 3.82. The zero-order valence-corrected chi connectivity index (χ0v) is 12.1. The van der Waals surface area contributed by atoms with Gasteiger partial charge in [-0.25, -0.2) is 4.98 Å².